The number of aliphatic imine (C=N–C) groups is 1. The highest BCUT2D eigenvalue weighted by atomic mass is 35.5. The second kappa shape index (κ2) is 5.81. The van der Waals surface area contributed by atoms with E-state index in [1.165, 1.54) is 6.40 Å². The summed E-state index contributed by atoms with van der Waals surface area (Å²) in [5.74, 6) is 0.627. The smallest absolute Gasteiger partial charge is 0.335 e. The molecule has 2 unspecified atom stereocenters. The van der Waals surface area contributed by atoms with E-state index in [1.54, 1.807) is 19.1 Å². The van der Waals surface area contributed by atoms with Crippen LogP contribution in [0.4, 0.5) is 0 Å². The van der Waals surface area contributed by atoms with Gasteiger partial charge in [-0.1, -0.05) is 11.6 Å². The van der Waals surface area contributed by atoms with Gasteiger partial charge in [-0.25, -0.2) is 9.79 Å². The quantitative estimate of drug-likeness (QED) is 0.800. The highest BCUT2D eigenvalue weighted by molar-refractivity contribution is 6.32. The van der Waals surface area contributed by atoms with Crippen molar-refractivity contribution in [3.05, 3.63) is 22.7 Å². The molecule has 0 fully saturated rings. The van der Waals surface area contributed by atoms with Crippen LogP contribution < -0.4 is 9.47 Å². The molecule has 0 aromatic heterocycles. The van der Waals surface area contributed by atoms with Crippen molar-refractivity contribution in [3.8, 4) is 11.5 Å². The number of halogens is 1. The summed E-state index contributed by atoms with van der Waals surface area (Å²) in [5, 5.41) is 0.417. The van der Waals surface area contributed by atoms with Crippen LogP contribution in [0.5, 0.6) is 11.5 Å². The van der Waals surface area contributed by atoms with Gasteiger partial charge in [0.05, 0.1) is 11.6 Å². The Morgan fingerprint density at radius 2 is 2.24 bits per heavy atom. The van der Waals surface area contributed by atoms with Crippen LogP contribution >= 0.6 is 11.6 Å². The minimum Gasteiger partial charge on any atom is -0.486 e. The highest BCUT2D eigenvalue weighted by Gasteiger charge is 2.36. The van der Waals surface area contributed by atoms with Gasteiger partial charge in [-0.15, -0.1) is 0 Å². The summed E-state index contributed by atoms with van der Waals surface area (Å²) in [5.41, 5.74) is 0.694. The van der Waals surface area contributed by atoms with Crippen molar-refractivity contribution >= 4 is 24.0 Å². The molecule has 6 nitrogen and oxygen atoms in total. The Balaban J connectivity index is 1.89. The molecular weight excluding hydrogens is 298 g/mol. The van der Waals surface area contributed by atoms with Crippen LogP contribution in [-0.2, 0) is 14.3 Å². The first-order chi connectivity index (χ1) is 10.2. The maximum atomic E-state index is 11.9. The number of hydrogen-bond donors (Lipinski definition) is 0. The van der Waals surface area contributed by atoms with E-state index in [4.69, 9.17) is 30.5 Å². The van der Waals surface area contributed by atoms with E-state index in [0.29, 0.717) is 41.9 Å². The molecule has 0 aliphatic carbocycles. The molecule has 2 aliphatic heterocycles. The third kappa shape index (κ3) is 2.63. The van der Waals surface area contributed by atoms with Gasteiger partial charge in [0.1, 0.15) is 13.2 Å². The minimum atomic E-state index is -0.733. The molecule has 0 bridgehead atoms. The van der Waals surface area contributed by atoms with Crippen molar-refractivity contribution in [3.63, 3.8) is 0 Å². The number of ether oxygens (including phenoxy) is 4. The first kappa shape index (κ1) is 14.0. The minimum absolute atomic E-state index is 0.291. The SMILES string of the molecule is CCOC(=O)C1N=COC1c1cc(Cl)c2c(c1)OCCO2. The number of hydrogen-bond acceptors (Lipinski definition) is 6. The Hall–Kier alpha value is -1.95. The number of fused-ring (bicyclic) bond motifs is 1. The van der Waals surface area contributed by atoms with E-state index in [1.807, 2.05) is 0 Å². The first-order valence-corrected chi connectivity index (χ1v) is 7.01. The number of esters is 1. The topological polar surface area (TPSA) is 66.4 Å². The number of nitrogens with zero attached hydrogens (tertiary/aromatic N) is 1. The van der Waals surface area contributed by atoms with Crippen LogP contribution in [0.2, 0.25) is 5.02 Å². The molecule has 2 atom stereocenters. The third-order valence-electron chi connectivity index (χ3n) is 3.19. The van der Waals surface area contributed by atoms with Crippen molar-refractivity contribution < 1.29 is 23.7 Å². The zero-order valence-corrected chi connectivity index (χ0v) is 12.1. The van der Waals surface area contributed by atoms with E-state index in [-0.39, 0.29) is 0 Å². The molecule has 0 radical (unpaired) electrons. The van der Waals surface area contributed by atoms with Crippen LogP contribution in [0.15, 0.2) is 17.1 Å². The number of carbonyl (C=O) groups is 1. The van der Waals surface area contributed by atoms with Crippen molar-refractivity contribution in [2.75, 3.05) is 19.8 Å². The molecule has 2 aliphatic rings. The van der Waals surface area contributed by atoms with Gasteiger partial charge in [0.2, 0.25) is 0 Å². The molecule has 0 saturated heterocycles. The lowest BCUT2D eigenvalue weighted by molar-refractivity contribution is -0.146. The lowest BCUT2D eigenvalue weighted by Gasteiger charge is -2.22. The van der Waals surface area contributed by atoms with Crippen LogP contribution in [-0.4, -0.2) is 38.2 Å². The summed E-state index contributed by atoms with van der Waals surface area (Å²) in [7, 11) is 0. The number of carbonyl (C=O) groups excluding carboxylic acids is 1. The zero-order valence-electron chi connectivity index (χ0n) is 11.4. The van der Waals surface area contributed by atoms with E-state index in [9.17, 15) is 4.79 Å². The van der Waals surface area contributed by atoms with Crippen LogP contribution in [0, 0.1) is 0 Å². The Morgan fingerprint density at radius 3 is 3.05 bits per heavy atom. The summed E-state index contributed by atoms with van der Waals surface area (Å²) in [6.07, 6.45) is 0.689. The standard InChI is InChI=1S/C14H14ClNO5/c1-2-18-14(17)11-12(21-7-16-11)8-5-9(15)13-10(6-8)19-3-4-20-13/h5-7,11-12H,2-4H2,1H3. The normalized spacial score (nSPS) is 22.8. The van der Waals surface area contributed by atoms with Gasteiger partial charge < -0.3 is 18.9 Å². The fourth-order valence-electron chi connectivity index (χ4n) is 2.29. The largest absolute Gasteiger partial charge is 0.486 e. The Bertz CT molecular complexity index is 589. The van der Waals surface area contributed by atoms with Crippen molar-refractivity contribution in [2.45, 2.75) is 19.1 Å². The third-order valence-corrected chi connectivity index (χ3v) is 3.47. The molecule has 7 heteroatoms. The first-order valence-electron chi connectivity index (χ1n) is 6.63. The van der Waals surface area contributed by atoms with Gasteiger partial charge in [-0.2, -0.15) is 0 Å². The molecule has 21 heavy (non-hydrogen) atoms. The summed E-state index contributed by atoms with van der Waals surface area (Å²) in [6.45, 7) is 2.95. The molecule has 0 saturated carbocycles. The van der Waals surface area contributed by atoms with Crippen molar-refractivity contribution in [2.24, 2.45) is 4.99 Å². The van der Waals surface area contributed by atoms with Gasteiger partial charge >= 0.3 is 5.97 Å². The molecule has 0 spiro atoms. The van der Waals surface area contributed by atoms with E-state index in [2.05, 4.69) is 4.99 Å². The molecule has 0 amide bonds. The van der Waals surface area contributed by atoms with Crippen LogP contribution in [0.3, 0.4) is 0 Å². The lowest BCUT2D eigenvalue weighted by atomic mass is 10.0. The van der Waals surface area contributed by atoms with Crippen molar-refractivity contribution in [1.29, 1.82) is 0 Å². The fraction of sp³-hybridized carbons (Fsp3) is 0.429. The Labute approximate surface area is 126 Å². The predicted octanol–water partition coefficient (Wildman–Crippen LogP) is 2.14. The lowest BCUT2D eigenvalue weighted by Crippen LogP contribution is -2.26. The predicted molar refractivity (Wildman–Crippen MR) is 75.2 cm³/mol. The molecular formula is C14H14ClNO5. The summed E-state index contributed by atoms with van der Waals surface area (Å²) < 4.78 is 21.4. The molecule has 112 valence electrons. The average Bonchev–Trinajstić information content (AvgIpc) is 2.97. The van der Waals surface area contributed by atoms with E-state index < -0.39 is 18.1 Å². The molecule has 0 N–H and O–H groups in total. The van der Waals surface area contributed by atoms with E-state index in [0.717, 1.165) is 0 Å². The van der Waals surface area contributed by atoms with Crippen molar-refractivity contribution in [1.82, 2.24) is 0 Å². The molecule has 1 aromatic carbocycles. The highest BCUT2D eigenvalue weighted by Crippen LogP contribution is 2.41. The second-order valence-electron chi connectivity index (χ2n) is 4.53. The maximum absolute atomic E-state index is 11.9. The van der Waals surface area contributed by atoms with Gasteiger partial charge in [0, 0.05) is 5.56 Å². The molecule has 1 aromatic rings. The second-order valence-corrected chi connectivity index (χ2v) is 4.94. The maximum Gasteiger partial charge on any atom is 0.335 e. The average molecular weight is 312 g/mol. The van der Waals surface area contributed by atoms with Gasteiger partial charge in [-0.3, -0.25) is 0 Å². The fourth-order valence-corrected chi connectivity index (χ4v) is 2.56. The molecule has 2 heterocycles. The summed E-state index contributed by atoms with van der Waals surface area (Å²) >= 11 is 6.20. The Kier molecular flexibility index (Phi) is 3.88. The van der Waals surface area contributed by atoms with E-state index >= 15 is 0 Å². The van der Waals surface area contributed by atoms with Gasteiger partial charge in [0.25, 0.3) is 0 Å². The molecule has 3 rings (SSSR count). The van der Waals surface area contributed by atoms with Gasteiger partial charge in [-0.05, 0) is 19.1 Å². The Morgan fingerprint density at radius 1 is 1.43 bits per heavy atom. The number of benzene rings is 1. The number of rotatable bonds is 3. The zero-order chi connectivity index (χ0) is 14.8. The van der Waals surface area contributed by atoms with Crippen LogP contribution in [0.1, 0.15) is 18.6 Å². The summed E-state index contributed by atoms with van der Waals surface area (Å²) in [4.78, 5) is 15.9. The van der Waals surface area contributed by atoms with Gasteiger partial charge in [0.15, 0.2) is 30.0 Å². The summed E-state index contributed by atoms with van der Waals surface area (Å²) in [6, 6.07) is 2.72. The van der Waals surface area contributed by atoms with Crippen LogP contribution in [0.25, 0.3) is 0 Å². The monoisotopic (exact) mass is 311 g/mol.